The second-order valence-corrected chi connectivity index (χ2v) is 4.54. The maximum Gasteiger partial charge on any atom is 0.128 e. The van der Waals surface area contributed by atoms with Crippen LogP contribution in [0.1, 0.15) is 24.0 Å². The van der Waals surface area contributed by atoms with Crippen molar-refractivity contribution in [2.75, 3.05) is 0 Å². The van der Waals surface area contributed by atoms with E-state index in [2.05, 4.69) is 15.9 Å². The van der Waals surface area contributed by atoms with Gasteiger partial charge in [-0.3, -0.25) is 0 Å². The lowest BCUT2D eigenvalue weighted by molar-refractivity contribution is 0.574. The lowest BCUT2D eigenvalue weighted by Gasteiger charge is -2.14. The van der Waals surface area contributed by atoms with Crippen molar-refractivity contribution in [1.82, 2.24) is 0 Å². The maximum absolute atomic E-state index is 13.5. The first-order chi connectivity index (χ1) is 6.04. The Morgan fingerprint density at radius 3 is 2.62 bits per heavy atom. The average Bonchev–Trinajstić information content (AvgIpc) is 2.78. The third-order valence-corrected chi connectivity index (χ3v) is 3.49. The summed E-state index contributed by atoms with van der Waals surface area (Å²) in [5, 5.41) is 0. The molecule has 2 N–H and O–H groups in total. The van der Waals surface area contributed by atoms with E-state index in [0.29, 0.717) is 5.56 Å². The molecule has 0 bridgehead atoms. The largest absolute Gasteiger partial charge is 0.321 e. The summed E-state index contributed by atoms with van der Waals surface area (Å²) in [5.41, 5.74) is 7.20. The van der Waals surface area contributed by atoms with E-state index in [1.165, 1.54) is 6.07 Å². The molecule has 0 amide bonds. The summed E-state index contributed by atoms with van der Waals surface area (Å²) >= 11 is 3.38. The molecule has 70 valence electrons. The third kappa shape index (κ3) is 1.40. The molecule has 0 atom stereocenters. The fourth-order valence-electron chi connectivity index (χ4n) is 1.65. The summed E-state index contributed by atoms with van der Waals surface area (Å²) < 4.78 is 14.4. The zero-order valence-electron chi connectivity index (χ0n) is 7.40. The van der Waals surface area contributed by atoms with Gasteiger partial charge in [-0.25, -0.2) is 4.39 Å². The van der Waals surface area contributed by atoms with E-state index in [9.17, 15) is 4.39 Å². The summed E-state index contributed by atoms with van der Waals surface area (Å²) in [5.74, 6) is -0.180. The number of hydrogen-bond acceptors (Lipinski definition) is 1. The monoisotopic (exact) mass is 243 g/mol. The molecule has 1 fully saturated rings. The molecule has 1 aliphatic carbocycles. The molecule has 0 heterocycles. The van der Waals surface area contributed by atoms with Crippen LogP contribution in [0.4, 0.5) is 4.39 Å². The average molecular weight is 244 g/mol. The molecule has 0 aliphatic heterocycles. The van der Waals surface area contributed by atoms with Gasteiger partial charge in [-0.1, -0.05) is 15.9 Å². The quantitative estimate of drug-likeness (QED) is 0.807. The molecule has 13 heavy (non-hydrogen) atoms. The number of halogens is 2. The molecule has 1 aliphatic rings. The zero-order chi connectivity index (χ0) is 9.64. The van der Waals surface area contributed by atoms with Gasteiger partial charge in [-0.15, -0.1) is 0 Å². The summed E-state index contributed by atoms with van der Waals surface area (Å²) in [4.78, 5) is 0. The van der Waals surface area contributed by atoms with E-state index in [-0.39, 0.29) is 5.82 Å². The van der Waals surface area contributed by atoms with Gasteiger partial charge in [0.05, 0.1) is 0 Å². The lowest BCUT2D eigenvalue weighted by atomic mass is 9.99. The van der Waals surface area contributed by atoms with Gasteiger partial charge in [0.1, 0.15) is 5.82 Å². The molecule has 1 saturated carbocycles. The predicted molar refractivity (Wildman–Crippen MR) is 53.9 cm³/mol. The Labute approximate surface area is 85.3 Å². The van der Waals surface area contributed by atoms with Crippen molar-refractivity contribution in [3.63, 3.8) is 0 Å². The van der Waals surface area contributed by atoms with E-state index in [4.69, 9.17) is 5.73 Å². The first-order valence-electron chi connectivity index (χ1n) is 4.28. The Hall–Kier alpha value is -0.410. The molecular weight excluding hydrogens is 233 g/mol. The number of nitrogens with two attached hydrogens (primary N) is 1. The zero-order valence-corrected chi connectivity index (χ0v) is 8.99. The standard InChI is InChI=1S/C10H11BrFN/c1-6-7(11)2-3-8(12)9(6)10(13)4-5-10/h2-3H,4-5,13H2,1H3. The molecule has 1 nitrogen and oxygen atoms in total. The Morgan fingerprint density at radius 1 is 1.46 bits per heavy atom. The van der Waals surface area contributed by atoms with Crippen molar-refractivity contribution in [3.05, 3.63) is 33.5 Å². The van der Waals surface area contributed by atoms with Crippen molar-refractivity contribution in [3.8, 4) is 0 Å². The van der Waals surface area contributed by atoms with Crippen LogP contribution in [-0.2, 0) is 5.54 Å². The van der Waals surface area contributed by atoms with Crippen LogP contribution in [0.3, 0.4) is 0 Å². The van der Waals surface area contributed by atoms with Crippen molar-refractivity contribution >= 4 is 15.9 Å². The fourth-order valence-corrected chi connectivity index (χ4v) is 1.98. The molecule has 0 radical (unpaired) electrons. The Kier molecular flexibility index (Phi) is 1.96. The first-order valence-corrected chi connectivity index (χ1v) is 5.08. The van der Waals surface area contributed by atoms with E-state index < -0.39 is 5.54 Å². The van der Waals surface area contributed by atoms with Crippen LogP contribution in [0.2, 0.25) is 0 Å². The molecule has 0 aromatic heterocycles. The number of rotatable bonds is 1. The minimum atomic E-state index is -0.391. The van der Waals surface area contributed by atoms with Gasteiger partial charge < -0.3 is 5.73 Å². The Balaban J connectivity index is 2.61. The van der Waals surface area contributed by atoms with Crippen LogP contribution in [0, 0.1) is 12.7 Å². The van der Waals surface area contributed by atoms with E-state index in [1.807, 2.05) is 6.92 Å². The van der Waals surface area contributed by atoms with Crippen molar-refractivity contribution < 1.29 is 4.39 Å². The first kappa shape index (κ1) is 9.16. The SMILES string of the molecule is Cc1c(Br)ccc(F)c1C1(N)CC1. The molecule has 1 aromatic carbocycles. The van der Waals surface area contributed by atoms with E-state index in [1.54, 1.807) is 6.07 Å². The van der Waals surface area contributed by atoms with Crippen LogP contribution in [0.25, 0.3) is 0 Å². The highest BCUT2D eigenvalue weighted by Crippen LogP contribution is 2.46. The van der Waals surface area contributed by atoms with Gasteiger partial charge in [0.15, 0.2) is 0 Å². The fraction of sp³-hybridized carbons (Fsp3) is 0.400. The van der Waals surface area contributed by atoms with Crippen LogP contribution in [0.5, 0.6) is 0 Å². The van der Waals surface area contributed by atoms with Gasteiger partial charge in [0.2, 0.25) is 0 Å². The summed E-state index contributed by atoms with van der Waals surface area (Å²) in [7, 11) is 0. The van der Waals surface area contributed by atoms with Crippen molar-refractivity contribution in [2.45, 2.75) is 25.3 Å². The van der Waals surface area contributed by atoms with Gasteiger partial charge in [-0.05, 0) is 37.5 Å². The molecular formula is C10H11BrFN. The number of hydrogen-bond donors (Lipinski definition) is 1. The lowest BCUT2D eigenvalue weighted by Crippen LogP contribution is -2.22. The van der Waals surface area contributed by atoms with E-state index >= 15 is 0 Å². The van der Waals surface area contributed by atoms with Crippen molar-refractivity contribution in [1.29, 1.82) is 0 Å². The number of benzene rings is 1. The highest BCUT2D eigenvalue weighted by Gasteiger charge is 2.43. The highest BCUT2D eigenvalue weighted by atomic mass is 79.9. The normalized spacial score (nSPS) is 18.8. The van der Waals surface area contributed by atoms with Gasteiger partial charge >= 0.3 is 0 Å². The second kappa shape index (κ2) is 2.79. The van der Waals surface area contributed by atoms with E-state index in [0.717, 1.165) is 22.9 Å². The molecule has 3 heteroatoms. The predicted octanol–water partition coefficient (Wildman–Crippen LogP) is 2.84. The van der Waals surface area contributed by atoms with Gasteiger partial charge in [0, 0.05) is 15.6 Å². The Bertz CT molecular complexity index is 358. The highest BCUT2D eigenvalue weighted by molar-refractivity contribution is 9.10. The summed E-state index contributed by atoms with van der Waals surface area (Å²) in [6.45, 7) is 1.90. The molecule has 0 saturated heterocycles. The third-order valence-electron chi connectivity index (χ3n) is 2.63. The topological polar surface area (TPSA) is 26.0 Å². The van der Waals surface area contributed by atoms with Gasteiger partial charge in [0.25, 0.3) is 0 Å². The molecule has 1 aromatic rings. The maximum atomic E-state index is 13.5. The summed E-state index contributed by atoms with van der Waals surface area (Å²) in [6.07, 6.45) is 1.78. The minimum absolute atomic E-state index is 0.180. The van der Waals surface area contributed by atoms with Gasteiger partial charge in [-0.2, -0.15) is 0 Å². The Morgan fingerprint density at radius 2 is 2.08 bits per heavy atom. The minimum Gasteiger partial charge on any atom is -0.321 e. The summed E-state index contributed by atoms with van der Waals surface area (Å²) in [6, 6.07) is 3.19. The van der Waals surface area contributed by atoms with Crippen LogP contribution in [-0.4, -0.2) is 0 Å². The molecule has 0 spiro atoms. The van der Waals surface area contributed by atoms with Crippen molar-refractivity contribution in [2.24, 2.45) is 5.73 Å². The van der Waals surface area contributed by atoms with Crippen LogP contribution < -0.4 is 5.73 Å². The van der Waals surface area contributed by atoms with Crippen LogP contribution in [0.15, 0.2) is 16.6 Å². The smallest absolute Gasteiger partial charge is 0.128 e. The molecule has 2 rings (SSSR count). The van der Waals surface area contributed by atoms with Crippen LogP contribution >= 0.6 is 15.9 Å². The molecule has 0 unspecified atom stereocenters. The second-order valence-electron chi connectivity index (χ2n) is 3.69.